The molecule has 4 aromatic carbocycles. The molecule has 1 spiro atoms. The third-order valence-corrected chi connectivity index (χ3v) is 19.2. The summed E-state index contributed by atoms with van der Waals surface area (Å²) in [5, 5.41) is 17.3. The fourth-order valence-corrected chi connectivity index (χ4v) is 14.6. The summed E-state index contributed by atoms with van der Waals surface area (Å²) in [4.78, 5) is 33.9. The van der Waals surface area contributed by atoms with Gasteiger partial charge in [0.25, 0.3) is 21.8 Å². The molecule has 1 amide bonds. The van der Waals surface area contributed by atoms with Crippen LogP contribution in [0.3, 0.4) is 0 Å². The predicted molar refractivity (Wildman–Crippen MR) is 317 cm³/mol. The number of nitrogens with zero attached hydrogens (tertiary/aromatic N) is 5. The molecule has 3 saturated heterocycles. The van der Waals surface area contributed by atoms with E-state index >= 15 is 4.39 Å². The Labute approximate surface area is 483 Å². The number of piperazine rings is 1. The number of H-pyrrole nitrogens is 1. The van der Waals surface area contributed by atoms with E-state index in [-0.39, 0.29) is 74.2 Å². The van der Waals surface area contributed by atoms with Crippen LogP contribution in [0.4, 0.5) is 21.5 Å². The number of aryl methyl sites for hydroxylation is 1. The van der Waals surface area contributed by atoms with Crippen LogP contribution in [0, 0.1) is 23.5 Å². The number of anilines is 2. The predicted octanol–water partition coefficient (Wildman–Crippen LogP) is 10.1. The number of halogens is 1. The highest BCUT2D eigenvalue weighted by atomic mass is 32.2. The number of hydroxylamine groups is 1. The van der Waals surface area contributed by atoms with Crippen molar-refractivity contribution in [2.75, 3.05) is 83.5 Å². The minimum Gasteiger partial charge on any atom is -0.629 e. The van der Waals surface area contributed by atoms with Crippen molar-refractivity contribution in [3.8, 4) is 23.1 Å². The van der Waals surface area contributed by atoms with Gasteiger partial charge in [-0.3, -0.25) is 14.6 Å². The van der Waals surface area contributed by atoms with Gasteiger partial charge in [-0.05, 0) is 123 Å². The number of sulfonamides is 1. The van der Waals surface area contributed by atoms with Gasteiger partial charge in [0.2, 0.25) is 0 Å². The molecule has 1 unspecified atom stereocenters. The first kappa shape index (κ1) is 56.4. The number of allylic oxidation sites excluding steroid dienone is 1. The Morgan fingerprint density at radius 2 is 1.80 bits per heavy atom. The standard InChI is InChI=1S/C63H74FN9O9S/c1-7-80-62-55(30-48-49(64)15-16-50(48)68-62)82-54-29-42(13-14-46(54)61(74)69-83(76,77)56-31-51(70(5)75)57(59-58(56)66-37-67-59)65-34-40-18-26-79-27-19-40)72-22-20-63(21-23-72)32-43(33-63)73-25-24-71(36-52(73)45-11-9-8-10-44(45)38(2)3)35-41-12-17-53(78-6)60-47(41)28-39(4)81-60/h8-15,17,28-31,37-38,40,43,52,65,70H,7,16,18-27,32-36H2,1-6H3,(H,66,67)(H,69,74)/t52-/m0/s1. The third-order valence-electron chi connectivity index (χ3n) is 17.9. The van der Waals surface area contributed by atoms with Crippen molar-refractivity contribution < 1.29 is 46.0 Å². The van der Waals surface area contributed by atoms with E-state index in [2.05, 4.69) is 89.9 Å². The molecule has 438 valence electrons. The van der Waals surface area contributed by atoms with E-state index in [0.29, 0.717) is 54.5 Å². The monoisotopic (exact) mass is 1150 g/mol. The zero-order chi connectivity index (χ0) is 57.7. The molecule has 0 radical (unpaired) electrons. The Morgan fingerprint density at radius 1 is 1.00 bits per heavy atom. The lowest BCUT2D eigenvalue weighted by Gasteiger charge is -2.58. The number of carbonyl (C=O) groups excluding carboxylic acids is 1. The summed E-state index contributed by atoms with van der Waals surface area (Å²) < 4.78 is 76.3. The number of furan rings is 1. The van der Waals surface area contributed by atoms with Crippen molar-refractivity contribution in [1.82, 2.24) is 29.5 Å². The number of aromatic nitrogens is 3. The second-order valence-corrected chi connectivity index (χ2v) is 25.1. The van der Waals surface area contributed by atoms with Crippen molar-refractivity contribution in [1.29, 1.82) is 0 Å². The van der Waals surface area contributed by atoms with Crippen LogP contribution in [0.2, 0.25) is 0 Å². The molecule has 18 nitrogen and oxygen atoms in total. The molecule has 4 N–H and O–H groups in total. The Morgan fingerprint density at radius 3 is 2.55 bits per heavy atom. The highest BCUT2D eigenvalue weighted by Crippen LogP contribution is 2.54. The largest absolute Gasteiger partial charge is 0.629 e. The lowest BCUT2D eigenvalue weighted by atomic mass is 9.59. The maximum Gasteiger partial charge on any atom is 0.268 e. The number of piperidine rings is 1. The molecule has 0 bridgehead atoms. The summed E-state index contributed by atoms with van der Waals surface area (Å²) in [5.74, 6) is 1.05. The van der Waals surface area contributed by atoms with Crippen LogP contribution in [0.5, 0.6) is 23.1 Å². The first-order chi connectivity index (χ1) is 40.1. The zero-order valence-corrected chi connectivity index (χ0v) is 48.9. The molecule has 6 heterocycles. The summed E-state index contributed by atoms with van der Waals surface area (Å²) in [6.45, 7) is 15.5. The Kier molecular flexibility index (Phi) is 15.8. The topological polar surface area (TPSA) is 204 Å². The zero-order valence-electron chi connectivity index (χ0n) is 48.1. The molecule has 83 heavy (non-hydrogen) atoms. The van der Waals surface area contributed by atoms with E-state index in [1.54, 1.807) is 26.2 Å². The number of carbonyl (C=O) groups is 1. The number of quaternary nitrogens is 1. The van der Waals surface area contributed by atoms with E-state index in [4.69, 9.17) is 23.4 Å². The maximum absolute atomic E-state index is 15.2. The Bertz CT molecular complexity index is 3710. The third kappa shape index (κ3) is 11.2. The van der Waals surface area contributed by atoms with E-state index in [1.165, 1.54) is 48.3 Å². The molecule has 2 atom stereocenters. The number of aromatic amines is 1. The van der Waals surface area contributed by atoms with E-state index in [9.17, 15) is 18.4 Å². The Balaban J connectivity index is 0.787. The van der Waals surface area contributed by atoms with Crippen LogP contribution in [-0.4, -0.2) is 118 Å². The minimum atomic E-state index is -4.69. The van der Waals surface area contributed by atoms with Crippen LogP contribution in [0.15, 0.2) is 94.5 Å². The molecule has 12 rings (SSSR count). The summed E-state index contributed by atoms with van der Waals surface area (Å²) in [5.41, 5.74) is 7.36. The fourth-order valence-electron chi connectivity index (χ4n) is 13.4. The summed E-state index contributed by atoms with van der Waals surface area (Å²) in [6, 6.07) is 23.8. The number of hydrogen-bond acceptors (Lipinski definition) is 15. The Hall–Kier alpha value is -7.07. The molecular formula is C63H74FN9O9S. The molecule has 3 aliphatic heterocycles. The number of benzene rings is 4. The first-order valence-electron chi connectivity index (χ1n) is 29.2. The second-order valence-electron chi connectivity index (χ2n) is 23.5. The number of methoxy groups -OCH3 is 1. The van der Waals surface area contributed by atoms with Gasteiger partial charge in [-0.1, -0.05) is 44.2 Å². The number of nitrogens with one attached hydrogen (secondary N) is 4. The van der Waals surface area contributed by atoms with Gasteiger partial charge in [-0.25, -0.2) is 27.5 Å². The van der Waals surface area contributed by atoms with E-state index < -0.39 is 21.8 Å². The van der Waals surface area contributed by atoms with Crippen LogP contribution in [0.25, 0.3) is 27.8 Å². The van der Waals surface area contributed by atoms with Crippen LogP contribution >= 0.6 is 0 Å². The average molecular weight is 1150 g/mol. The number of ether oxygens (including phenoxy) is 4. The van der Waals surface area contributed by atoms with Gasteiger partial charge >= 0.3 is 0 Å². The van der Waals surface area contributed by atoms with Crippen molar-refractivity contribution in [2.45, 2.75) is 102 Å². The molecule has 3 aromatic heterocycles. The summed E-state index contributed by atoms with van der Waals surface area (Å²) in [6.07, 6.45) is 8.91. The molecule has 4 fully saturated rings. The molecule has 5 aliphatic rings. The van der Waals surface area contributed by atoms with Gasteiger partial charge in [0.1, 0.15) is 33.4 Å². The summed E-state index contributed by atoms with van der Waals surface area (Å²) >= 11 is 0. The van der Waals surface area contributed by atoms with Crippen LogP contribution in [-0.2, 0) is 27.7 Å². The van der Waals surface area contributed by atoms with Crippen LogP contribution in [0.1, 0.15) is 115 Å². The van der Waals surface area contributed by atoms with Crippen molar-refractivity contribution in [3.63, 3.8) is 0 Å². The molecule has 2 aliphatic carbocycles. The van der Waals surface area contributed by atoms with Crippen LogP contribution < -0.4 is 34.2 Å². The van der Waals surface area contributed by atoms with E-state index in [1.807, 2.05) is 19.1 Å². The van der Waals surface area contributed by atoms with Gasteiger partial charge in [-0.2, -0.15) is 0 Å². The van der Waals surface area contributed by atoms with Gasteiger partial charge in [-0.15, -0.1) is 0 Å². The normalized spacial score (nSPS) is 19.3. The number of imidazole rings is 1. The smallest absolute Gasteiger partial charge is 0.268 e. The van der Waals surface area contributed by atoms with Gasteiger partial charge < -0.3 is 48.8 Å². The molecule has 1 saturated carbocycles. The SMILES string of the molecule is CCOc1nc2c(cc1Oc1cc(N3CCC4(CC3)CC(N3CCN(Cc5ccc(OC)c6oc(C)cc56)C[C@H]3c3ccccc3C(C)C)C4)ccc1C(=O)NS(=O)(=O)c1cc([NH+](C)[O-])c(NCC3CCOCC3)c3[nH]cnc13)C(F)=CC2. The lowest BCUT2D eigenvalue weighted by molar-refractivity contribution is -0.750. The fraction of sp³-hybridized carbons (Fsp3) is 0.444. The second kappa shape index (κ2) is 23.2. The van der Waals surface area contributed by atoms with E-state index in [0.717, 1.165) is 106 Å². The van der Waals surface area contributed by atoms with Crippen molar-refractivity contribution in [2.24, 2.45) is 11.3 Å². The highest BCUT2D eigenvalue weighted by molar-refractivity contribution is 7.90. The number of amides is 1. The number of fused-ring (bicyclic) bond motifs is 3. The minimum absolute atomic E-state index is 0.0226. The highest BCUT2D eigenvalue weighted by Gasteiger charge is 2.50. The van der Waals surface area contributed by atoms with Gasteiger partial charge in [0.05, 0.1) is 43.9 Å². The van der Waals surface area contributed by atoms with Crippen molar-refractivity contribution >= 4 is 60.8 Å². The lowest BCUT2D eigenvalue weighted by Crippen LogP contribution is -2.98. The van der Waals surface area contributed by atoms with Crippen molar-refractivity contribution in [3.05, 3.63) is 130 Å². The summed E-state index contributed by atoms with van der Waals surface area (Å²) in [7, 11) is -1.64. The van der Waals surface area contributed by atoms with Gasteiger partial charge in [0, 0.05) is 106 Å². The number of hydrogen-bond donors (Lipinski definition) is 4. The molecule has 20 heteroatoms. The maximum atomic E-state index is 15.2. The molecule has 7 aromatic rings. The number of rotatable bonds is 18. The molecular weight excluding hydrogens is 1080 g/mol. The number of pyridine rings is 1. The van der Waals surface area contributed by atoms with Gasteiger partial charge in [0.15, 0.2) is 22.8 Å². The average Bonchev–Trinajstić information content (AvgIpc) is 4.09. The quantitative estimate of drug-likeness (QED) is 0.0591. The first-order valence-corrected chi connectivity index (χ1v) is 30.7.